The van der Waals surface area contributed by atoms with Gasteiger partial charge >= 0.3 is 0 Å². The minimum atomic E-state index is -0.317. The van der Waals surface area contributed by atoms with Gasteiger partial charge in [0.1, 0.15) is 18.1 Å². The number of hydrogen-bond acceptors (Lipinski definition) is 4. The standard InChI is InChI=1S/C19H15ClN2O3/c20-17-8-1-2-9-18(17)25-13-14-5-3-6-15(11-14)19(23)22-21-12-16-7-4-10-24-16/h1-12H,13H2,(H,22,23). The SMILES string of the molecule is O=C(NN=Cc1ccco1)c1cccc(COc2ccccc2Cl)c1. The molecule has 3 rings (SSSR count). The minimum absolute atomic E-state index is 0.306. The average molecular weight is 355 g/mol. The van der Waals surface area contributed by atoms with Crippen molar-refractivity contribution in [3.05, 3.63) is 88.8 Å². The molecule has 6 heteroatoms. The van der Waals surface area contributed by atoms with Crippen LogP contribution in [0.3, 0.4) is 0 Å². The van der Waals surface area contributed by atoms with Crippen LogP contribution in [0.4, 0.5) is 0 Å². The highest BCUT2D eigenvalue weighted by Crippen LogP contribution is 2.24. The van der Waals surface area contributed by atoms with Crippen LogP contribution in [-0.2, 0) is 6.61 Å². The van der Waals surface area contributed by atoms with Crippen molar-refractivity contribution in [2.45, 2.75) is 6.61 Å². The zero-order valence-corrected chi connectivity index (χ0v) is 13.9. The number of benzene rings is 2. The summed E-state index contributed by atoms with van der Waals surface area (Å²) in [4.78, 5) is 12.1. The van der Waals surface area contributed by atoms with Gasteiger partial charge in [0.2, 0.25) is 0 Å². The minimum Gasteiger partial charge on any atom is -0.487 e. The fourth-order valence-electron chi connectivity index (χ4n) is 2.11. The number of hydrazone groups is 1. The Labute approximate surface area is 149 Å². The molecule has 3 aromatic rings. The molecule has 0 radical (unpaired) electrons. The van der Waals surface area contributed by atoms with Crippen molar-refractivity contribution in [2.75, 3.05) is 0 Å². The van der Waals surface area contributed by atoms with Gasteiger partial charge in [0, 0.05) is 5.56 Å². The highest BCUT2D eigenvalue weighted by atomic mass is 35.5. The Hall–Kier alpha value is -3.05. The molecule has 0 saturated heterocycles. The van der Waals surface area contributed by atoms with Gasteiger partial charge in [-0.15, -0.1) is 0 Å². The molecule has 0 unspecified atom stereocenters. The molecule has 1 N–H and O–H groups in total. The van der Waals surface area contributed by atoms with Crippen molar-refractivity contribution in [3.8, 4) is 5.75 Å². The molecule has 2 aromatic carbocycles. The summed E-state index contributed by atoms with van der Waals surface area (Å²) in [7, 11) is 0. The van der Waals surface area contributed by atoms with E-state index < -0.39 is 0 Å². The second kappa shape index (κ2) is 8.17. The van der Waals surface area contributed by atoms with E-state index in [0.717, 1.165) is 5.56 Å². The molecule has 0 bridgehead atoms. The number of nitrogens with zero attached hydrogens (tertiary/aromatic N) is 1. The van der Waals surface area contributed by atoms with Crippen molar-refractivity contribution < 1.29 is 13.9 Å². The molecular formula is C19H15ClN2O3. The monoisotopic (exact) mass is 354 g/mol. The normalized spacial score (nSPS) is 10.8. The van der Waals surface area contributed by atoms with Crippen LogP contribution in [0.5, 0.6) is 5.75 Å². The maximum Gasteiger partial charge on any atom is 0.271 e. The molecule has 0 aliphatic carbocycles. The van der Waals surface area contributed by atoms with Gasteiger partial charge in [-0.05, 0) is 42.0 Å². The molecule has 5 nitrogen and oxygen atoms in total. The maximum atomic E-state index is 12.1. The van der Waals surface area contributed by atoms with Gasteiger partial charge in [-0.3, -0.25) is 4.79 Å². The van der Waals surface area contributed by atoms with Gasteiger partial charge in [0.05, 0.1) is 17.5 Å². The lowest BCUT2D eigenvalue weighted by molar-refractivity contribution is 0.0955. The number of ether oxygens (including phenoxy) is 1. The van der Waals surface area contributed by atoms with Gasteiger partial charge < -0.3 is 9.15 Å². The third kappa shape index (κ3) is 4.71. The second-order valence-corrected chi connectivity index (χ2v) is 5.54. The van der Waals surface area contributed by atoms with E-state index in [2.05, 4.69) is 10.5 Å². The van der Waals surface area contributed by atoms with Crippen molar-refractivity contribution in [3.63, 3.8) is 0 Å². The van der Waals surface area contributed by atoms with Crippen LogP contribution >= 0.6 is 11.6 Å². The van der Waals surface area contributed by atoms with E-state index in [1.807, 2.05) is 18.2 Å². The van der Waals surface area contributed by atoms with Gasteiger partial charge in [0.25, 0.3) is 5.91 Å². The lowest BCUT2D eigenvalue weighted by Crippen LogP contribution is -2.17. The van der Waals surface area contributed by atoms with Crippen LogP contribution in [0.25, 0.3) is 0 Å². The van der Waals surface area contributed by atoms with Crippen LogP contribution in [0.1, 0.15) is 21.7 Å². The summed E-state index contributed by atoms with van der Waals surface area (Å²) in [6.45, 7) is 0.306. The Bertz CT molecular complexity index is 876. The predicted octanol–water partition coefficient (Wildman–Crippen LogP) is 4.28. The quantitative estimate of drug-likeness (QED) is 0.531. The van der Waals surface area contributed by atoms with E-state index in [9.17, 15) is 4.79 Å². The van der Waals surface area contributed by atoms with Crippen LogP contribution in [0, 0.1) is 0 Å². The first-order chi connectivity index (χ1) is 12.2. The molecule has 1 amide bonds. The Morgan fingerprint density at radius 1 is 1.16 bits per heavy atom. The molecule has 0 aliphatic rings. The van der Waals surface area contributed by atoms with Gasteiger partial charge in [0.15, 0.2) is 0 Å². The molecule has 126 valence electrons. The first-order valence-corrected chi connectivity index (χ1v) is 7.93. The number of amides is 1. The van der Waals surface area contributed by atoms with Gasteiger partial charge in [-0.2, -0.15) is 5.10 Å². The lowest BCUT2D eigenvalue weighted by atomic mass is 10.1. The van der Waals surface area contributed by atoms with E-state index in [-0.39, 0.29) is 5.91 Å². The molecular weight excluding hydrogens is 340 g/mol. The summed E-state index contributed by atoms with van der Waals surface area (Å²) < 4.78 is 10.8. The first-order valence-electron chi connectivity index (χ1n) is 7.55. The lowest BCUT2D eigenvalue weighted by Gasteiger charge is -2.08. The van der Waals surface area contributed by atoms with Gasteiger partial charge in [-0.25, -0.2) is 5.43 Å². The number of para-hydroxylation sites is 1. The summed E-state index contributed by atoms with van der Waals surface area (Å²) in [5.74, 6) is 0.839. The second-order valence-electron chi connectivity index (χ2n) is 5.13. The summed E-state index contributed by atoms with van der Waals surface area (Å²) in [6.07, 6.45) is 2.97. The van der Waals surface area contributed by atoms with Crippen molar-refractivity contribution in [1.82, 2.24) is 5.43 Å². The molecule has 0 aliphatic heterocycles. The first kappa shape index (κ1) is 16.8. The van der Waals surface area contributed by atoms with Crippen LogP contribution < -0.4 is 10.2 Å². The number of carbonyl (C=O) groups excluding carboxylic acids is 1. The van der Waals surface area contributed by atoms with Crippen molar-refractivity contribution in [1.29, 1.82) is 0 Å². The van der Waals surface area contributed by atoms with Crippen LogP contribution in [-0.4, -0.2) is 12.1 Å². The fourth-order valence-corrected chi connectivity index (χ4v) is 2.30. The summed E-state index contributed by atoms with van der Waals surface area (Å²) in [6, 6.07) is 17.8. The molecule has 0 atom stereocenters. The van der Waals surface area contributed by atoms with E-state index in [4.69, 9.17) is 20.8 Å². The van der Waals surface area contributed by atoms with E-state index in [0.29, 0.717) is 28.7 Å². The highest BCUT2D eigenvalue weighted by molar-refractivity contribution is 6.32. The molecule has 1 aromatic heterocycles. The largest absolute Gasteiger partial charge is 0.487 e. The van der Waals surface area contributed by atoms with Crippen molar-refractivity contribution >= 4 is 23.7 Å². The number of carbonyl (C=O) groups is 1. The zero-order chi connectivity index (χ0) is 17.5. The fraction of sp³-hybridized carbons (Fsp3) is 0.0526. The Kier molecular flexibility index (Phi) is 5.49. The van der Waals surface area contributed by atoms with Crippen LogP contribution in [0.2, 0.25) is 5.02 Å². The number of furan rings is 1. The molecule has 1 heterocycles. The van der Waals surface area contributed by atoms with Crippen molar-refractivity contribution in [2.24, 2.45) is 5.10 Å². The van der Waals surface area contributed by atoms with Crippen LogP contribution in [0.15, 0.2) is 76.4 Å². The number of halogens is 1. The molecule has 0 saturated carbocycles. The van der Waals surface area contributed by atoms with E-state index in [1.165, 1.54) is 12.5 Å². The Morgan fingerprint density at radius 3 is 2.84 bits per heavy atom. The number of rotatable bonds is 6. The molecule has 0 spiro atoms. The van der Waals surface area contributed by atoms with Gasteiger partial charge in [-0.1, -0.05) is 35.9 Å². The predicted molar refractivity (Wildman–Crippen MR) is 96.0 cm³/mol. The Balaban J connectivity index is 1.60. The van der Waals surface area contributed by atoms with E-state index in [1.54, 1.807) is 42.5 Å². The average Bonchev–Trinajstić information content (AvgIpc) is 3.15. The summed E-state index contributed by atoms with van der Waals surface area (Å²) in [5, 5.41) is 4.40. The zero-order valence-electron chi connectivity index (χ0n) is 13.2. The maximum absolute atomic E-state index is 12.1. The Morgan fingerprint density at radius 2 is 2.04 bits per heavy atom. The third-order valence-corrected chi connectivity index (χ3v) is 3.63. The summed E-state index contributed by atoms with van der Waals surface area (Å²) in [5.41, 5.74) is 3.79. The van der Waals surface area contributed by atoms with E-state index >= 15 is 0 Å². The summed E-state index contributed by atoms with van der Waals surface area (Å²) >= 11 is 6.06. The number of hydrogen-bond donors (Lipinski definition) is 1. The third-order valence-electron chi connectivity index (χ3n) is 3.32. The highest BCUT2D eigenvalue weighted by Gasteiger charge is 2.06. The molecule has 0 fully saturated rings. The smallest absolute Gasteiger partial charge is 0.271 e. The number of nitrogens with one attached hydrogen (secondary N) is 1. The molecule has 25 heavy (non-hydrogen) atoms. The topological polar surface area (TPSA) is 63.8 Å².